The Morgan fingerprint density at radius 2 is 2.15 bits per heavy atom. The number of allylic oxidation sites excluding steroid dienone is 1. The second kappa shape index (κ2) is 5.89. The highest BCUT2D eigenvalue weighted by Gasteiger charge is 2.31. The molecule has 1 aromatic rings. The summed E-state index contributed by atoms with van der Waals surface area (Å²) in [7, 11) is 0. The topological polar surface area (TPSA) is 49.8 Å². The lowest BCUT2D eigenvalue weighted by Crippen LogP contribution is -2.25. The van der Waals surface area contributed by atoms with Crippen LogP contribution in [0.15, 0.2) is 30.3 Å². The zero-order valence-corrected chi connectivity index (χ0v) is 11.9. The Labute approximate surface area is 122 Å². The lowest BCUT2D eigenvalue weighted by atomic mass is 10.0. The van der Waals surface area contributed by atoms with Gasteiger partial charge in [-0.1, -0.05) is 18.2 Å². The van der Waals surface area contributed by atoms with E-state index < -0.39 is 6.10 Å². The number of hydrogen-bond donors (Lipinski definition) is 1. The minimum Gasteiger partial charge on any atom is -0.441 e. The first-order chi connectivity index (χ1) is 9.78. The van der Waals surface area contributed by atoms with E-state index >= 15 is 0 Å². The van der Waals surface area contributed by atoms with Gasteiger partial charge < -0.3 is 9.84 Å². The van der Waals surface area contributed by atoms with Crippen molar-refractivity contribution in [3.05, 3.63) is 35.9 Å². The average molecular weight is 291 g/mol. The third-order valence-corrected chi connectivity index (χ3v) is 4.49. The van der Waals surface area contributed by atoms with Crippen LogP contribution in [0.2, 0.25) is 0 Å². The van der Waals surface area contributed by atoms with Gasteiger partial charge >= 0.3 is 6.09 Å². The maximum absolute atomic E-state index is 11.7. The number of carbonyl (C=O) groups is 1. The summed E-state index contributed by atoms with van der Waals surface area (Å²) in [4.78, 5) is 13.3. The normalized spacial score (nSPS) is 22.6. The Morgan fingerprint density at radius 3 is 2.75 bits per heavy atom. The Bertz CT molecular complexity index is 526. The number of anilines is 1. The highest BCUT2D eigenvalue weighted by molar-refractivity contribution is 7.99. The molecule has 1 N–H and O–H groups in total. The first kappa shape index (κ1) is 13.5. The maximum Gasteiger partial charge on any atom is 0.414 e. The van der Waals surface area contributed by atoms with Gasteiger partial charge in [0.05, 0.1) is 13.2 Å². The summed E-state index contributed by atoms with van der Waals surface area (Å²) in [5, 5.41) is 9.05. The first-order valence-corrected chi connectivity index (χ1v) is 7.89. The number of hydrogen-bond acceptors (Lipinski definition) is 4. The molecule has 0 aromatic heterocycles. The van der Waals surface area contributed by atoms with Crippen LogP contribution in [-0.4, -0.2) is 42.0 Å². The Kier molecular flexibility index (Phi) is 3.98. The van der Waals surface area contributed by atoms with E-state index in [2.05, 4.69) is 18.2 Å². The van der Waals surface area contributed by atoms with Gasteiger partial charge in [-0.2, -0.15) is 11.8 Å². The summed E-state index contributed by atoms with van der Waals surface area (Å²) < 4.78 is 5.05. The minimum absolute atomic E-state index is 0.134. The molecule has 0 aliphatic carbocycles. The fourth-order valence-corrected chi connectivity index (χ4v) is 3.32. The molecular formula is C15H17NO3S. The van der Waals surface area contributed by atoms with Crippen LogP contribution in [0, 0.1) is 0 Å². The number of nitrogens with zero attached hydrogens (tertiary/aromatic N) is 1. The van der Waals surface area contributed by atoms with E-state index in [9.17, 15) is 4.79 Å². The van der Waals surface area contributed by atoms with Gasteiger partial charge in [-0.25, -0.2) is 4.79 Å². The molecule has 3 rings (SSSR count). The van der Waals surface area contributed by atoms with Crippen LogP contribution in [0.5, 0.6) is 0 Å². The zero-order valence-electron chi connectivity index (χ0n) is 11.1. The molecule has 1 aromatic carbocycles. The van der Waals surface area contributed by atoms with Gasteiger partial charge in [0.15, 0.2) is 0 Å². The highest BCUT2D eigenvalue weighted by Crippen LogP contribution is 2.28. The van der Waals surface area contributed by atoms with Crippen LogP contribution in [0.25, 0.3) is 5.57 Å². The lowest BCUT2D eigenvalue weighted by Gasteiger charge is -2.16. The molecule has 2 aliphatic heterocycles. The minimum atomic E-state index is -0.416. The predicted molar refractivity (Wildman–Crippen MR) is 81.1 cm³/mol. The van der Waals surface area contributed by atoms with Crippen molar-refractivity contribution in [2.45, 2.75) is 12.5 Å². The van der Waals surface area contributed by atoms with Gasteiger partial charge in [0.1, 0.15) is 6.10 Å². The average Bonchev–Trinajstić information content (AvgIpc) is 2.89. The molecule has 0 spiro atoms. The molecule has 1 saturated heterocycles. The largest absolute Gasteiger partial charge is 0.441 e. The van der Waals surface area contributed by atoms with E-state index in [1.165, 1.54) is 16.9 Å². The van der Waals surface area contributed by atoms with Crippen LogP contribution in [-0.2, 0) is 4.74 Å². The molecule has 1 atom stereocenters. The fraction of sp³-hybridized carbons (Fsp3) is 0.400. The summed E-state index contributed by atoms with van der Waals surface area (Å²) in [6.45, 7) is 0.277. The number of cyclic esters (lactones) is 1. The molecule has 0 bridgehead atoms. The third kappa shape index (κ3) is 2.69. The molecule has 2 heterocycles. The van der Waals surface area contributed by atoms with E-state index in [1.54, 1.807) is 4.90 Å². The number of aliphatic hydroxyl groups is 1. The van der Waals surface area contributed by atoms with Crippen molar-refractivity contribution >= 4 is 29.1 Å². The van der Waals surface area contributed by atoms with Crippen molar-refractivity contribution in [1.29, 1.82) is 0 Å². The lowest BCUT2D eigenvalue weighted by molar-refractivity contribution is 0.0963. The first-order valence-electron chi connectivity index (χ1n) is 6.74. The Morgan fingerprint density at radius 1 is 1.35 bits per heavy atom. The smallest absolute Gasteiger partial charge is 0.414 e. The zero-order chi connectivity index (χ0) is 13.9. The standard InChI is InChI=1S/C15H17NO3S/c17-10-14-9-16(15(18)19-14)13-3-1-11(2-4-13)12-5-7-20-8-6-12/h1-5,14,17H,6-10H2/t14-/m1/s1. The second-order valence-electron chi connectivity index (χ2n) is 4.90. The van der Waals surface area contributed by atoms with Crippen molar-refractivity contribution in [2.24, 2.45) is 0 Å². The van der Waals surface area contributed by atoms with Crippen LogP contribution in [0.4, 0.5) is 10.5 Å². The number of thioether (sulfide) groups is 1. The van der Waals surface area contributed by atoms with Crippen molar-refractivity contribution in [3.63, 3.8) is 0 Å². The molecular weight excluding hydrogens is 274 g/mol. The molecule has 20 heavy (non-hydrogen) atoms. The van der Waals surface area contributed by atoms with Gasteiger partial charge in [0, 0.05) is 11.4 Å². The van der Waals surface area contributed by atoms with Crippen LogP contribution < -0.4 is 4.90 Å². The van der Waals surface area contributed by atoms with Crippen LogP contribution in [0.1, 0.15) is 12.0 Å². The van der Waals surface area contributed by atoms with E-state index in [-0.39, 0.29) is 12.7 Å². The van der Waals surface area contributed by atoms with Gasteiger partial charge in [-0.15, -0.1) is 0 Å². The van der Waals surface area contributed by atoms with Crippen molar-refractivity contribution < 1.29 is 14.6 Å². The number of carbonyl (C=O) groups excluding carboxylic acids is 1. The molecule has 106 valence electrons. The molecule has 1 fully saturated rings. The predicted octanol–water partition coefficient (Wildman–Crippen LogP) is 2.52. The molecule has 0 saturated carbocycles. The number of amides is 1. The quantitative estimate of drug-likeness (QED) is 0.929. The summed E-state index contributed by atoms with van der Waals surface area (Å²) in [5.41, 5.74) is 3.42. The van der Waals surface area contributed by atoms with E-state index in [0.717, 1.165) is 17.9 Å². The highest BCUT2D eigenvalue weighted by atomic mass is 32.2. The second-order valence-corrected chi connectivity index (χ2v) is 6.05. The summed E-state index contributed by atoms with van der Waals surface area (Å²) in [5.74, 6) is 2.25. The number of ether oxygens (including phenoxy) is 1. The van der Waals surface area contributed by atoms with E-state index in [0.29, 0.717) is 6.54 Å². The fourth-order valence-electron chi connectivity index (χ4n) is 2.47. The number of rotatable bonds is 3. The maximum atomic E-state index is 11.7. The van der Waals surface area contributed by atoms with Gasteiger partial charge in [0.2, 0.25) is 0 Å². The number of benzene rings is 1. The summed E-state index contributed by atoms with van der Waals surface area (Å²) in [6, 6.07) is 7.99. The van der Waals surface area contributed by atoms with Crippen molar-refractivity contribution in [2.75, 3.05) is 29.6 Å². The Balaban J connectivity index is 1.76. The third-order valence-electron chi connectivity index (χ3n) is 3.59. The van der Waals surface area contributed by atoms with Gasteiger partial charge in [-0.05, 0) is 35.4 Å². The van der Waals surface area contributed by atoms with E-state index in [1.807, 2.05) is 23.9 Å². The van der Waals surface area contributed by atoms with E-state index in [4.69, 9.17) is 9.84 Å². The molecule has 4 nitrogen and oxygen atoms in total. The molecule has 5 heteroatoms. The van der Waals surface area contributed by atoms with Crippen molar-refractivity contribution in [1.82, 2.24) is 0 Å². The Hall–Kier alpha value is -1.46. The molecule has 1 amide bonds. The number of aliphatic hydroxyl groups excluding tert-OH is 1. The van der Waals surface area contributed by atoms with Crippen LogP contribution in [0.3, 0.4) is 0 Å². The molecule has 0 unspecified atom stereocenters. The van der Waals surface area contributed by atoms with Crippen molar-refractivity contribution in [3.8, 4) is 0 Å². The molecule has 2 aliphatic rings. The molecule has 0 radical (unpaired) electrons. The van der Waals surface area contributed by atoms with Gasteiger partial charge in [0.25, 0.3) is 0 Å². The van der Waals surface area contributed by atoms with Crippen LogP contribution >= 0.6 is 11.8 Å². The summed E-state index contributed by atoms with van der Waals surface area (Å²) >= 11 is 1.95. The van der Waals surface area contributed by atoms with Gasteiger partial charge in [-0.3, -0.25) is 4.90 Å². The monoisotopic (exact) mass is 291 g/mol. The summed E-state index contributed by atoms with van der Waals surface area (Å²) in [6.07, 6.45) is 2.57. The SMILES string of the molecule is O=C1O[C@@H](CO)CN1c1ccc(C2=CCSCC2)cc1.